The van der Waals surface area contributed by atoms with Crippen molar-refractivity contribution in [3.63, 3.8) is 0 Å². The second-order valence-electron chi connectivity index (χ2n) is 3.09. The van der Waals surface area contributed by atoms with Gasteiger partial charge in [-0.2, -0.15) is 0 Å². The van der Waals surface area contributed by atoms with Gasteiger partial charge in [0.1, 0.15) is 0 Å². The largest absolute Gasteiger partial charge is 0.395 e. The number of nitrogens with one attached hydrogen (secondary N) is 1. The fraction of sp³-hybridized carbons (Fsp3) is 0.400. The van der Waals surface area contributed by atoms with Gasteiger partial charge in [-0.05, 0) is 47.0 Å². The molecule has 13 heavy (non-hydrogen) atoms. The average molecular weight is 244 g/mol. The van der Waals surface area contributed by atoms with Crippen LogP contribution in [0.1, 0.15) is 11.1 Å². The molecule has 72 valence electrons. The second kappa shape index (κ2) is 4.63. The van der Waals surface area contributed by atoms with Crippen molar-refractivity contribution in [3.05, 3.63) is 27.7 Å². The van der Waals surface area contributed by atoms with Crippen molar-refractivity contribution in [3.8, 4) is 0 Å². The molecular weight excluding hydrogens is 230 g/mol. The molecule has 0 aliphatic carbocycles. The first-order valence-electron chi connectivity index (χ1n) is 4.26. The first kappa shape index (κ1) is 10.5. The average Bonchev–Trinajstić information content (AvgIpc) is 2.02. The first-order valence-corrected chi connectivity index (χ1v) is 5.06. The lowest BCUT2D eigenvalue weighted by atomic mass is 10.1. The molecule has 0 bridgehead atoms. The van der Waals surface area contributed by atoms with E-state index in [1.165, 1.54) is 11.1 Å². The van der Waals surface area contributed by atoms with E-state index < -0.39 is 0 Å². The lowest BCUT2D eigenvalue weighted by Gasteiger charge is -2.11. The van der Waals surface area contributed by atoms with Gasteiger partial charge in [-0.3, -0.25) is 0 Å². The van der Waals surface area contributed by atoms with E-state index in [2.05, 4.69) is 47.2 Å². The van der Waals surface area contributed by atoms with E-state index in [0.717, 1.165) is 10.2 Å². The molecule has 3 heteroatoms. The van der Waals surface area contributed by atoms with E-state index in [1.54, 1.807) is 0 Å². The fourth-order valence-electron chi connectivity index (χ4n) is 1.32. The molecule has 0 saturated carbocycles. The van der Waals surface area contributed by atoms with Gasteiger partial charge in [0.15, 0.2) is 0 Å². The van der Waals surface area contributed by atoms with Crippen molar-refractivity contribution < 1.29 is 5.11 Å². The normalized spacial score (nSPS) is 10.2. The van der Waals surface area contributed by atoms with Gasteiger partial charge >= 0.3 is 0 Å². The summed E-state index contributed by atoms with van der Waals surface area (Å²) in [5.74, 6) is 0. The Bertz CT molecular complexity index is 276. The van der Waals surface area contributed by atoms with Gasteiger partial charge in [0.05, 0.1) is 12.3 Å². The van der Waals surface area contributed by atoms with Crippen molar-refractivity contribution in [2.75, 3.05) is 18.5 Å². The lowest BCUT2D eigenvalue weighted by Crippen LogP contribution is -2.07. The third kappa shape index (κ3) is 2.71. The molecule has 0 heterocycles. The summed E-state index contributed by atoms with van der Waals surface area (Å²) in [7, 11) is 0. The predicted molar refractivity (Wildman–Crippen MR) is 59.2 cm³/mol. The highest BCUT2D eigenvalue weighted by molar-refractivity contribution is 9.10. The molecular formula is C10H14BrNO. The summed E-state index contributed by atoms with van der Waals surface area (Å²) in [5.41, 5.74) is 3.50. The summed E-state index contributed by atoms with van der Waals surface area (Å²) in [6.45, 7) is 4.85. The maximum Gasteiger partial charge on any atom is 0.0604 e. The quantitative estimate of drug-likeness (QED) is 0.856. The Balaban J connectivity index is 2.92. The number of aliphatic hydroxyl groups excluding tert-OH is 1. The summed E-state index contributed by atoms with van der Waals surface area (Å²) < 4.78 is 1.05. The number of halogens is 1. The highest BCUT2D eigenvalue weighted by Crippen LogP contribution is 2.27. The van der Waals surface area contributed by atoms with Gasteiger partial charge in [0.2, 0.25) is 0 Å². The summed E-state index contributed by atoms with van der Waals surface area (Å²) in [5, 5.41) is 11.8. The maximum atomic E-state index is 8.69. The zero-order chi connectivity index (χ0) is 9.84. The molecule has 2 nitrogen and oxygen atoms in total. The van der Waals surface area contributed by atoms with Crippen molar-refractivity contribution in [2.24, 2.45) is 0 Å². The van der Waals surface area contributed by atoms with E-state index in [9.17, 15) is 0 Å². The van der Waals surface area contributed by atoms with Crippen LogP contribution in [-0.4, -0.2) is 18.3 Å². The highest BCUT2D eigenvalue weighted by Gasteiger charge is 2.03. The van der Waals surface area contributed by atoms with Gasteiger partial charge in [0, 0.05) is 11.0 Å². The van der Waals surface area contributed by atoms with Gasteiger partial charge in [-0.1, -0.05) is 6.07 Å². The zero-order valence-corrected chi connectivity index (χ0v) is 9.48. The van der Waals surface area contributed by atoms with Gasteiger partial charge in [-0.25, -0.2) is 0 Å². The molecule has 0 aliphatic rings. The monoisotopic (exact) mass is 243 g/mol. The topological polar surface area (TPSA) is 32.3 Å². The Hall–Kier alpha value is -0.540. The number of rotatable bonds is 3. The Kier molecular flexibility index (Phi) is 3.75. The summed E-state index contributed by atoms with van der Waals surface area (Å²) in [6.07, 6.45) is 0. The minimum Gasteiger partial charge on any atom is -0.395 e. The second-order valence-corrected chi connectivity index (χ2v) is 3.94. The van der Waals surface area contributed by atoms with Crippen molar-refractivity contribution in [2.45, 2.75) is 13.8 Å². The third-order valence-corrected chi connectivity index (χ3v) is 2.47. The number of anilines is 1. The summed E-state index contributed by atoms with van der Waals surface area (Å²) in [4.78, 5) is 0. The number of benzene rings is 1. The van der Waals surface area contributed by atoms with Gasteiger partial charge < -0.3 is 10.4 Å². The van der Waals surface area contributed by atoms with E-state index in [4.69, 9.17) is 5.11 Å². The molecule has 0 fully saturated rings. The Morgan fingerprint density at radius 1 is 1.38 bits per heavy atom. The van der Waals surface area contributed by atoms with Crippen molar-refractivity contribution in [1.82, 2.24) is 0 Å². The molecule has 1 aromatic carbocycles. The molecule has 1 rings (SSSR count). The standard InChI is InChI=1S/C10H14BrNO/c1-7-5-8(2)10(9(11)6-7)12-3-4-13/h5-6,12-13H,3-4H2,1-2H3. The van der Waals surface area contributed by atoms with Crippen LogP contribution < -0.4 is 5.32 Å². The van der Waals surface area contributed by atoms with Crippen LogP contribution in [0, 0.1) is 13.8 Å². The van der Waals surface area contributed by atoms with Crippen LogP contribution in [0.2, 0.25) is 0 Å². The molecule has 1 aromatic rings. The van der Waals surface area contributed by atoms with Crippen LogP contribution in [0.25, 0.3) is 0 Å². The molecule has 0 spiro atoms. The molecule has 0 aromatic heterocycles. The Morgan fingerprint density at radius 3 is 2.62 bits per heavy atom. The molecule has 0 saturated heterocycles. The van der Waals surface area contributed by atoms with E-state index in [1.807, 2.05) is 0 Å². The van der Waals surface area contributed by atoms with Crippen LogP contribution in [0.4, 0.5) is 5.69 Å². The maximum absolute atomic E-state index is 8.69. The lowest BCUT2D eigenvalue weighted by molar-refractivity contribution is 0.311. The summed E-state index contributed by atoms with van der Waals surface area (Å²) >= 11 is 3.48. The number of aliphatic hydroxyl groups is 1. The van der Waals surface area contributed by atoms with Crippen molar-refractivity contribution in [1.29, 1.82) is 0 Å². The number of hydrogen-bond acceptors (Lipinski definition) is 2. The molecule has 0 atom stereocenters. The molecule has 0 aliphatic heterocycles. The van der Waals surface area contributed by atoms with E-state index in [0.29, 0.717) is 6.54 Å². The fourth-order valence-corrected chi connectivity index (χ4v) is 2.13. The van der Waals surface area contributed by atoms with Crippen LogP contribution in [-0.2, 0) is 0 Å². The SMILES string of the molecule is Cc1cc(C)c(NCCO)c(Br)c1. The highest BCUT2D eigenvalue weighted by atomic mass is 79.9. The minimum absolute atomic E-state index is 0.153. The molecule has 0 radical (unpaired) electrons. The van der Waals surface area contributed by atoms with Crippen LogP contribution >= 0.6 is 15.9 Å². The molecule has 0 amide bonds. The zero-order valence-electron chi connectivity index (χ0n) is 7.89. The van der Waals surface area contributed by atoms with Crippen LogP contribution in [0.5, 0.6) is 0 Å². The van der Waals surface area contributed by atoms with E-state index in [-0.39, 0.29) is 6.61 Å². The minimum atomic E-state index is 0.153. The summed E-state index contributed by atoms with van der Waals surface area (Å²) in [6, 6.07) is 4.18. The smallest absolute Gasteiger partial charge is 0.0604 e. The first-order chi connectivity index (χ1) is 6.15. The molecule has 2 N–H and O–H groups in total. The van der Waals surface area contributed by atoms with Gasteiger partial charge in [-0.15, -0.1) is 0 Å². The number of aryl methyl sites for hydroxylation is 2. The predicted octanol–water partition coefficient (Wildman–Crippen LogP) is 2.47. The van der Waals surface area contributed by atoms with Crippen LogP contribution in [0.3, 0.4) is 0 Å². The molecule has 0 unspecified atom stereocenters. The Morgan fingerprint density at radius 2 is 2.08 bits per heavy atom. The number of hydrogen-bond donors (Lipinski definition) is 2. The van der Waals surface area contributed by atoms with Crippen molar-refractivity contribution >= 4 is 21.6 Å². The van der Waals surface area contributed by atoms with E-state index >= 15 is 0 Å². The third-order valence-electron chi connectivity index (χ3n) is 1.85. The Labute approximate surface area is 87.1 Å². The van der Waals surface area contributed by atoms with Crippen LogP contribution in [0.15, 0.2) is 16.6 Å². The van der Waals surface area contributed by atoms with Gasteiger partial charge in [0.25, 0.3) is 0 Å².